The van der Waals surface area contributed by atoms with E-state index in [4.69, 9.17) is 23.2 Å². The Morgan fingerprint density at radius 3 is 2.34 bits per heavy atom. The fraction of sp³-hybridized carbons (Fsp3) is 0.211. The van der Waals surface area contributed by atoms with Crippen LogP contribution in [-0.2, 0) is 10.0 Å². The maximum atomic E-state index is 13.4. The molecule has 0 spiro atoms. The second-order valence-corrected chi connectivity index (χ2v) is 10.1. The summed E-state index contributed by atoms with van der Waals surface area (Å²) in [4.78, 5) is 6.90. The molecule has 1 aromatic heterocycles. The molecule has 5 nitrogen and oxygen atoms in total. The molecule has 1 aliphatic heterocycles. The molecular formula is C19H16Cl2FN3O2S2. The molecule has 2 heterocycles. The third-order valence-corrected chi connectivity index (χ3v) is 8.02. The monoisotopic (exact) mass is 471 g/mol. The smallest absolute Gasteiger partial charge is 0.243 e. The Balaban J connectivity index is 1.45. The van der Waals surface area contributed by atoms with Gasteiger partial charge in [0.25, 0.3) is 0 Å². The fourth-order valence-electron chi connectivity index (χ4n) is 3.07. The van der Waals surface area contributed by atoms with Crippen LogP contribution in [0.2, 0.25) is 10.0 Å². The minimum atomic E-state index is -3.55. The molecule has 29 heavy (non-hydrogen) atoms. The number of nitrogens with zero attached hydrogens (tertiary/aromatic N) is 3. The van der Waals surface area contributed by atoms with Gasteiger partial charge in [0.15, 0.2) is 5.13 Å². The summed E-state index contributed by atoms with van der Waals surface area (Å²) in [6.07, 6.45) is 0. The summed E-state index contributed by atoms with van der Waals surface area (Å²) in [5.41, 5.74) is 1.45. The predicted octanol–water partition coefficient (Wildman–Crippen LogP) is 4.77. The van der Waals surface area contributed by atoms with Gasteiger partial charge in [-0.3, -0.25) is 0 Å². The minimum Gasteiger partial charge on any atom is -0.345 e. The molecule has 0 saturated carbocycles. The number of thiazole rings is 1. The highest BCUT2D eigenvalue weighted by molar-refractivity contribution is 7.89. The number of piperazine rings is 1. The molecule has 0 atom stereocenters. The summed E-state index contributed by atoms with van der Waals surface area (Å²) in [5.74, 6) is -0.469. The number of halogens is 3. The molecule has 0 N–H and O–H groups in total. The number of hydrogen-bond acceptors (Lipinski definition) is 5. The quantitative estimate of drug-likeness (QED) is 0.549. The average molecular weight is 472 g/mol. The van der Waals surface area contributed by atoms with Gasteiger partial charge in [0.1, 0.15) is 5.82 Å². The molecule has 1 fully saturated rings. The highest BCUT2D eigenvalue weighted by Crippen LogP contribution is 2.31. The van der Waals surface area contributed by atoms with E-state index in [2.05, 4.69) is 4.98 Å². The molecule has 0 bridgehead atoms. The molecule has 1 saturated heterocycles. The van der Waals surface area contributed by atoms with Crippen LogP contribution in [0.5, 0.6) is 0 Å². The summed E-state index contributed by atoms with van der Waals surface area (Å²) in [6, 6.07) is 10.7. The number of hydrogen-bond donors (Lipinski definition) is 0. The van der Waals surface area contributed by atoms with Gasteiger partial charge in [-0.1, -0.05) is 23.2 Å². The molecule has 0 radical (unpaired) electrons. The Morgan fingerprint density at radius 1 is 1.00 bits per heavy atom. The number of anilines is 1. The van der Waals surface area contributed by atoms with E-state index in [9.17, 15) is 12.8 Å². The van der Waals surface area contributed by atoms with Crippen molar-refractivity contribution < 1.29 is 12.8 Å². The van der Waals surface area contributed by atoms with Crippen molar-refractivity contribution in [1.82, 2.24) is 9.29 Å². The van der Waals surface area contributed by atoms with Gasteiger partial charge in [0.2, 0.25) is 10.0 Å². The highest BCUT2D eigenvalue weighted by atomic mass is 35.5. The lowest BCUT2D eigenvalue weighted by Crippen LogP contribution is -2.48. The van der Waals surface area contributed by atoms with Crippen LogP contribution in [0, 0.1) is 5.82 Å². The fourth-order valence-corrected chi connectivity index (χ4v) is 5.69. The van der Waals surface area contributed by atoms with Gasteiger partial charge in [0.05, 0.1) is 15.6 Å². The topological polar surface area (TPSA) is 53.5 Å². The Bertz CT molecular complexity index is 1130. The number of benzene rings is 2. The lowest BCUT2D eigenvalue weighted by atomic mass is 10.2. The highest BCUT2D eigenvalue weighted by Gasteiger charge is 2.29. The Kier molecular flexibility index (Phi) is 5.81. The first kappa shape index (κ1) is 20.6. The van der Waals surface area contributed by atoms with Gasteiger partial charge >= 0.3 is 0 Å². The van der Waals surface area contributed by atoms with Gasteiger partial charge < -0.3 is 4.90 Å². The van der Waals surface area contributed by atoms with Crippen LogP contribution in [-0.4, -0.2) is 43.9 Å². The SMILES string of the molecule is O=S(=O)(c1ccc(Cl)cc1)N1CCN(c2nc(-c3ccc(F)c(Cl)c3)cs2)CC1. The van der Waals surface area contributed by atoms with Gasteiger partial charge in [0, 0.05) is 42.1 Å². The molecular weight excluding hydrogens is 456 g/mol. The lowest BCUT2D eigenvalue weighted by molar-refractivity contribution is 0.385. The zero-order valence-corrected chi connectivity index (χ0v) is 18.2. The van der Waals surface area contributed by atoms with Crippen LogP contribution in [0.4, 0.5) is 9.52 Å². The van der Waals surface area contributed by atoms with E-state index in [1.165, 1.54) is 33.8 Å². The maximum absolute atomic E-state index is 13.4. The predicted molar refractivity (Wildman–Crippen MR) is 115 cm³/mol. The standard InChI is InChI=1S/C19H16Cl2FN3O2S2/c20-14-2-4-15(5-3-14)29(26,27)25-9-7-24(8-10-25)19-23-18(12-28-19)13-1-6-17(22)16(21)11-13/h1-6,11-12H,7-10H2. The van der Waals surface area contributed by atoms with Gasteiger partial charge in [-0.25, -0.2) is 17.8 Å². The molecule has 2 aromatic carbocycles. The van der Waals surface area contributed by atoms with E-state index in [-0.39, 0.29) is 9.92 Å². The molecule has 0 unspecified atom stereocenters. The van der Waals surface area contributed by atoms with E-state index in [0.717, 1.165) is 10.7 Å². The van der Waals surface area contributed by atoms with Crippen LogP contribution in [0.1, 0.15) is 0 Å². The maximum Gasteiger partial charge on any atom is 0.243 e. The molecule has 0 amide bonds. The minimum absolute atomic E-state index is 0.0538. The molecule has 4 rings (SSSR count). The van der Waals surface area contributed by atoms with Crippen LogP contribution in [0.15, 0.2) is 52.7 Å². The van der Waals surface area contributed by atoms with Crippen molar-refractivity contribution in [3.63, 3.8) is 0 Å². The molecule has 152 valence electrons. The summed E-state index contributed by atoms with van der Waals surface area (Å²) < 4.78 is 40.4. The van der Waals surface area contributed by atoms with Crippen molar-refractivity contribution >= 4 is 49.7 Å². The first-order chi connectivity index (χ1) is 13.8. The summed E-state index contributed by atoms with van der Waals surface area (Å²) >= 11 is 13.2. The van der Waals surface area contributed by atoms with Crippen molar-refractivity contribution in [1.29, 1.82) is 0 Å². The van der Waals surface area contributed by atoms with Crippen molar-refractivity contribution in [2.45, 2.75) is 4.90 Å². The number of sulfonamides is 1. The second kappa shape index (κ2) is 8.20. The van der Waals surface area contributed by atoms with Crippen LogP contribution < -0.4 is 4.90 Å². The summed E-state index contributed by atoms with van der Waals surface area (Å²) in [7, 11) is -3.55. The van der Waals surface area contributed by atoms with E-state index in [0.29, 0.717) is 36.9 Å². The first-order valence-corrected chi connectivity index (χ1v) is 11.8. The molecule has 10 heteroatoms. The zero-order valence-electron chi connectivity index (χ0n) is 15.1. The Morgan fingerprint density at radius 2 is 1.69 bits per heavy atom. The van der Waals surface area contributed by atoms with Gasteiger partial charge in [-0.05, 0) is 42.5 Å². The van der Waals surface area contributed by atoms with Crippen molar-refractivity contribution in [3.8, 4) is 11.3 Å². The number of aromatic nitrogens is 1. The first-order valence-electron chi connectivity index (χ1n) is 8.76. The van der Waals surface area contributed by atoms with Crippen molar-refractivity contribution in [2.24, 2.45) is 0 Å². The normalized spacial score (nSPS) is 15.6. The second-order valence-electron chi connectivity index (χ2n) is 6.49. The third-order valence-electron chi connectivity index (χ3n) is 4.67. The average Bonchev–Trinajstić information content (AvgIpc) is 3.21. The van der Waals surface area contributed by atoms with Crippen molar-refractivity contribution in [2.75, 3.05) is 31.1 Å². The molecule has 3 aromatic rings. The third kappa shape index (κ3) is 4.27. The Hall–Kier alpha value is -1.71. The zero-order chi connectivity index (χ0) is 20.6. The van der Waals surface area contributed by atoms with E-state index in [1.807, 2.05) is 10.3 Å². The lowest BCUT2D eigenvalue weighted by Gasteiger charge is -2.33. The van der Waals surface area contributed by atoms with Crippen LogP contribution >= 0.6 is 34.5 Å². The van der Waals surface area contributed by atoms with E-state index in [1.54, 1.807) is 24.3 Å². The molecule has 0 aliphatic carbocycles. The number of rotatable bonds is 4. The van der Waals surface area contributed by atoms with E-state index >= 15 is 0 Å². The van der Waals surface area contributed by atoms with Gasteiger partial charge in [-0.2, -0.15) is 4.31 Å². The van der Waals surface area contributed by atoms with Crippen LogP contribution in [0.25, 0.3) is 11.3 Å². The largest absolute Gasteiger partial charge is 0.345 e. The molecule has 1 aliphatic rings. The van der Waals surface area contributed by atoms with Crippen molar-refractivity contribution in [3.05, 3.63) is 63.7 Å². The Labute approximate surface area is 182 Å². The summed E-state index contributed by atoms with van der Waals surface area (Å²) in [6.45, 7) is 1.79. The van der Waals surface area contributed by atoms with Gasteiger partial charge in [-0.15, -0.1) is 11.3 Å². The summed E-state index contributed by atoms with van der Waals surface area (Å²) in [5, 5.41) is 3.23. The van der Waals surface area contributed by atoms with Crippen LogP contribution in [0.3, 0.4) is 0 Å². The van der Waals surface area contributed by atoms with E-state index < -0.39 is 15.8 Å².